The Labute approximate surface area is 170 Å². The Balaban J connectivity index is 1.65. The van der Waals surface area contributed by atoms with Crippen LogP contribution < -0.4 is 15.5 Å². The molecule has 1 amide bonds. The number of thiocarbonyl (C=S) groups is 1. The van der Waals surface area contributed by atoms with Crippen LogP contribution in [-0.2, 0) is 6.54 Å². The third-order valence-corrected chi connectivity index (χ3v) is 5.49. The zero-order valence-corrected chi connectivity index (χ0v) is 16.0. The van der Waals surface area contributed by atoms with Gasteiger partial charge in [-0.2, -0.15) is 13.2 Å². The minimum atomic E-state index is -4.22. The van der Waals surface area contributed by atoms with Gasteiger partial charge < -0.3 is 15.2 Å². The number of piperidine rings is 1. The quantitative estimate of drug-likeness (QED) is 0.664. The van der Waals surface area contributed by atoms with E-state index in [1.54, 1.807) is 29.4 Å². The number of anilines is 1. The van der Waals surface area contributed by atoms with Crippen molar-refractivity contribution >= 4 is 28.8 Å². The lowest BCUT2D eigenvalue weighted by atomic mass is 9.89. The lowest BCUT2D eigenvalue weighted by Gasteiger charge is -2.34. The average molecular weight is 421 g/mol. The van der Waals surface area contributed by atoms with Crippen molar-refractivity contribution in [3.8, 4) is 0 Å². The Morgan fingerprint density at radius 3 is 2.93 bits per heavy atom. The van der Waals surface area contributed by atoms with Gasteiger partial charge in [-0.15, -0.1) is 0 Å². The smallest absolute Gasteiger partial charge is 0.355 e. The fraction of sp³-hybridized carbons (Fsp3) is 0.368. The number of nitrogens with zero attached hydrogens (tertiary/aromatic N) is 2. The molecule has 2 aromatic heterocycles. The van der Waals surface area contributed by atoms with Crippen LogP contribution >= 0.6 is 12.2 Å². The van der Waals surface area contributed by atoms with Crippen molar-refractivity contribution in [2.75, 3.05) is 11.4 Å². The molecule has 1 fully saturated rings. The summed E-state index contributed by atoms with van der Waals surface area (Å²) in [6.07, 6.45) is -1.00. The number of aromatic amines is 1. The summed E-state index contributed by atoms with van der Waals surface area (Å²) in [6, 6.07) is 4.81. The molecule has 4 rings (SSSR count). The van der Waals surface area contributed by atoms with Gasteiger partial charge in [-0.1, -0.05) is 6.07 Å². The van der Waals surface area contributed by atoms with Gasteiger partial charge >= 0.3 is 6.18 Å². The van der Waals surface area contributed by atoms with Crippen molar-refractivity contribution in [1.29, 1.82) is 0 Å². The molecule has 2 aliphatic rings. The number of hydrogen-bond acceptors (Lipinski definition) is 5. The maximum atomic E-state index is 13.2. The molecule has 152 valence electrons. The topological polar surface area (TPSA) is 73.1 Å². The Hall–Kier alpha value is -2.68. The van der Waals surface area contributed by atoms with Crippen LogP contribution in [0.1, 0.15) is 40.6 Å². The molecular weight excluding hydrogens is 403 g/mol. The number of nitrogens with one attached hydrogen (secondary N) is 3. The van der Waals surface area contributed by atoms with E-state index < -0.39 is 18.1 Å². The van der Waals surface area contributed by atoms with Gasteiger partial charge in [-0.3, -0.25) is 15.1 Å². The van der Waals surface area contributed by atoms with Crippen LogP contribution in [0, 0.1) is 5.92 Å². The number of carbonyl (C=O) groups is 1. The lowest BCUT2D eigenvalue weighted by molar-refractivity contribution is -0.183. The second-order valence-electron chi connectivity index (χ2n) is 7.05. The highest BCUT2D eigenvalue weighted by molar-refractivity contribution is 7.78. The van der Waals surface area contributed by atoms with E-state index in [0.29, 0.717) is 22.9 Å². The van der Waals surface area contributed by atoms with Crippen molar-refractivity contribution in [1.82, 2.24) is 20.6 Å². The molecule has 3 N–H and O–H groups in total. The summed E-state index contributed by atoms with van der Waals surface area (Å²) in [6.45, 7) is 0.555. The average Bonchev–Trinajstić information content (AvgIpc) is 3.20. The fourth-order valence-electron chi connectivity index (χ4n) is 3.86. The fourth-order valence-corrected chi connectivity index (χ4v) is 4.02. The van der Waals surface area contributed by atoms with E-state index in [-0.39, 0.29) is 31.8 Å². The minimum Gasteiger partial charge on any atom is -0.355 e. The van der Waals surface area contributed by atoms with Gasteiger partial charge in [-0.25, -0.2) is 0 Å². The van der Waals surface area contributed by atoms with Crippen LogP contribution in [0.5, 0.6) is 0 Å². The predicted octanol–water partition coefficient (Wildman–Crippen LogP) is 3.20. The summed E-state index contributed by atoms with van der Waals surface area (Å²) in [5.74, 6) is -1.36. The van der Waals surface area contributed by atoms with Gasteiger partial charge in [0.25, 0.3) is 5.91 Å². The number of fused-ring (bicyclic) bond motifs is 1. The summed E-state index contributed by atoms with van der Waals surface area (Å²) >= 11 is 4.93. The summed E-state index contributed by atoms with van der Waals surface area (Å²) in [5, 5.41) is 8.40. The molecule has 2 aliphatic heterocycles. The molecule has 2 aromatic rings. The van der Waals surface area contributed by atoms with Gasteiger partial charge in [0.2, 0.25) is 0 Å². The van der Waals surface area contributed by atoms with E-state index in [4.69, 9.17) is 12.2 Å². The van der Waals surface area contributed by atoms with E-state index in [2.05, 4.69) is 25.6 Å². The molecular formula is C19H18F3N5OS. The molecule has 2 atom stereocenters. The Kier molecular flexibility index (Phi) is 5.16. The van der Waals surface area contributed by atoms with Crippen LogP contribution in [0.4, 0.5) is 18.9 Å². The molecule has 1 saturated heterocycles. The van der Waals surface area contributed by atoms with E-state index >= 15 is 0 Å². The van der Waals surface area contributed by atoms with Gasteiger partial charge in [-0.05, 0) is 54.3 Å². The van der Waals surface area contributed by atoms with E-state index in [1.807, 2.05) is 6.07 Å². The minimum absolute atomic E-state index is 0.0600. The summed E-state index contributed by atoms with van der Waals surface area (Å²) in [5.41, 5.74) is 2.33. The van der Waals surface area contributed by atoms with E-state index in [0.717, 1.165) is 5.56 Å². The first-order valence-corrected chi connectivity index (χ1v) is 9.54. The number of H-pyrrole nitrogens is 1. The first-order chi connectivity index (χ1) is 13.9. The maximum Gasteiger partial charge on any atom is 0.391 e. The molecule has 0 bridgehead atoms. The molecule has 0 saturated carbocycles. The van der Waals surface area contributed by atoms with Crippen LogP contribution in [0.3, 0.4) is 0 Å². The molecule has 0 aromatic carbocycles. The SMILES string of the molecule is O=C1NC(=C=S)N(Cc2cccnc2[C@H]2C[C@H](C(F)(F)F)CCN2)c2cc[nH]c21. The standard InChI is InChI=1S/C19H18F3N5OS/c20-19(21,22)12-3-6-23-13(8-12)16-11(2-1-5-24-16)9-27-14-4-7-25-17(14)18(28)26-15(27)10-29/h1-2,4-5,7,12-13,23,25H,3,6,8-9H2,(H,26,28)/t12-,13-/m1/s1. The maximum absolute atomic E-state index is 13.2. The lowest BCUT2D eigenvalue weighted by Crippen LogP contribution is -2.42. The predicted molar refractivity (Wildman–Crippen MR) is 104 cm³/mol. The van der Waals surface area contributed by atoms with Gasteiger partial charge in [0.15, 0.2) is 5.82 Å². The molecule has 0 spiro atoms. The monoisotopic (exact) mass is 421 g/mol. The first kappa shape index (κ1) is 19.6. The number of pyridine rings is 1. The molecule has 4 heterocycles. The number of halogens is 3. The van der Waals surface area contributed by atoms with Crippen molar-refractivity contribution in [2.45, 2.75) is 31.6 Å². The van der Waals surface area contributed by atoms with Gasteiger partial charge in [0, 0.05) is 12.4 Å². The number of amides is 1. The van der Waals surface area contributed by atoms with E-state index in [1.165, 1.54) is 0 Å². The highest BCUT2D eigenvalue weighted by atomic mass is 32.1. The number of rotatable bonds is 3. The van der Waals surface area contributed by atoms with Gasteiger partial charge in [0.1, 0.15) is 5.69 Å². The third kappa shape index (κ3) is 3.78. The van der Waals surface area contributed by atoms with Crippen LogP contribution in [0.2, 0.25) is 0 Å². The summed E-state index contributed by atoms with van der Waals surface area (Å²) in [4.78, 5) is 21.2. The Bertz CT molecular complexity index is 982. The second-order valence-corrected chi connectivity index (χ2v) is 7.25. The Morgan fingerprint density at radius 2 is 2.17 bits per heavy atom. The van der Waals surface area contributed by atoms with Crippen molar-refractivity contribution in [3.63, 3.8) is 0 Å². The second kappa shape index (κ2) is 7.62. The normalized spacial score (nSPS) is 22.1. The molecule has 10 heteroatoms. The van der Waals surface area contributed by atoms with Crippen molar-refractivity contribution in [2.24, 2.45) is 5.92 Å². The number of aromatic nitrogens is 2. The van der Waals surface area contributed by atoms with Crippen LogP contribution in [-0.4, -0.2) is 33.6 Å². The van der Waals surface area contributed by atoms with Crippen molar-refractivity contribution in [3.05, 3.63) is 53.4 Å². The molecule has 6 nitrogen and oxygen atoms in total. The number of hydrogen-bond donors (Lipinski definition) is 3. The van der Waals surface area contributed by atoms with Gasteiger partial charge in [0.05, 0.1) is 29.9 Å². The zero-order chi connectivity index (χ0) is 20.6. The highest BCUT2D eigenvalue weighted by Crippen LogP contribution is 2.39. The summed E-state index contributed by atoms with van der Waals surface area (Å²) in [7, 11) is 0. The molecule has 0 radical (unpaired) electrons. The van der Waals surface area contributed by atoms with Crippen molar-refractivity contribution < 1.29 is 18.0 Å². The molecule has 29 heavy (non-hydrogen) atoms. The largest absolute Gasteiger partial charge is 0.391 e. The number of carbonyl (C=O) groups excluding carboxylic acids is 1. The van der Waals surface area contributed by atoms with E-state index in [9.17, 15) is 18.0 Å². The molecule has 0 aliphatic carbocycles. The Morgan fingerprint density at radius 1 is 1.34 bits per heavy atom. The van der Waals surface area contributed by atoms with Crippen LogP contribution in [0.15, 0.2) is 36.4 Å². The zero-order valence-electron chi connectivity index (χ0n) is 15.2. The highest BCUT2D eigenvalue weighted by Gasteiger charge is 2.43. The number of alkyl halides is 3. The third-order valence-electron chi connectivity index (χ3n) is 5.29. The van der Waals surface area contributed by atoms with Crippen LogP contribution in [0.25, 0.3) is 0 Å². The first-order valence-electron chi connectivity index (χ1n) is 9.13. The summed E-state index contributed by atoms with van der Waals surface area (Å²) < 4.78 is 39.7. The molecule has 0 unspecified atom stereocenters.